The van der Waals surface area contributed by atoms with Gasteiger partial charge in [-0.3, -0.25) is 0 Å². The van der Waals surface area contributed by atoms with Crippen molar-refractivity contribution in [1.29, 1.82) is 0 Å². The van der Waals surface area contributed by atoms with Crippen LogP contribution in [0.5, 0.6) is 0 Å². The topological polar surface area (TPSA) is 35.2 Å². The van der Waals surface area contributed by atoms with Crippen LogP contribution in [0.15, 0.2) is 11.9 Å². The molecule has 0 aliphatic carbocycles. The van der Waals surface area contributed by atoms with Gasteiger partial charge in [-0.1, -0.05) is 60.5 Å². The molecule has 1 atom stereocenters. The monoisotopic (exact) mass is 287 g/mol. The van der Waals surface area contributed by atoms with Crippen LogP contribution in [0.2, 0.25) is 0 Å². The summed E-state index contributed by atoms with van der Waals surface area (Å²) in [6.45, 7) is 16.9. The molecule has 0 heterocycles. The minimum absolute atomic E-state index is 0.552. The number of unbranched alkanes of at least 4 members (excludes halogenated alkanes) is 3. The third-order valence-corrected chi connectivity index (χ3v) is 6.41. The fourth-order valence-corrected chi connectivity index (χ4v) is 4.85. The van der Waals surface area contributed by atoms with Gasteiger partial charge in [0.2, 0.25) is 0 Å². The van der Waals surface area contributed by atoms with E-state index < -0.39 is 8.15 Å². The van der Waals surface area contributed by atoms with Gasteiger partial charge in [-0.15, -0.1) is 0 Å². The predicted molar refractivity (Wildman–Crippen MR) is 88.7 cm³/mol. The zero-order valence-electron chi connectivity index (χ0n) is 13.6. The lowest BCUT2D eigenvalue weighted by Gasteiger charge is -2.34. The third-order valence-electron chi connectivity index (χ3n) is 3.41. The summed E-state index contributed by atoms with van der Waals surface area (Å²) in [6, 6.07) is 0. The van der Waals surface area contributed by atoms with E-state index in [1.54, 1.807) is 0 Å². The van der Waals surface area contributed by atoms with Crippen LogP contribution in [0.25, 0.3) is 0 Å². The molecule has 2 nitrogen and oxygen atoms in total. The highest BCUT2D eigenvalue weighted by molar-refractivity contribution is 7.58. The Morgan fingerprint density at radius 3 is 2.11 bits per heavy atom. The summed E-state index contributed by atoms with van der Waals surface area (Å²) >= 11 is 0. The summed E-state index contributed by atoms with van der Waals surface area (Å²) in [5, 5.41) is 1.11. The molecule has 2 N–H and O–H groups in total. The molecule has 0 fully saturated rings. The first kappa shape index (κ1) is 19.1. The van der Waals surface area contributed by atoms with Gasteiger partial charge >= 0.3 is 0 Å². The van der Waals surface area contributed by atoms with Crippen LogP contribution >= 0.6 is 8.15 Å². The fraction of sp³-hybridized carbons (Fsp3) is 0.875. The van der Waals surface area contributed by atoms with Crippen molar-refractivity contribution >= 4 is 8.15 Å². The van der Waals surface area contributed by atoms with Crippen LogP contribution in [-0.4, -0.2) is 18.8 Å². The van der Waals surface area contributed by atoms with E-state index in [0.29, 0.717) is 24.0 Å². The first-order valence-electron chi connectivity index (χ1n) is 7.75. The van der Waals surface area contributed by atoms with Gasteiger partial charge < -0.3 is 10.3 Å². The molecule has 0 aliphatic heterocycles. The highest BCUT2D eigenvalue weighted by Gasteiger charge is 2.29. The molecule has 0 aliphatic rings. The Balaban J connectivity index is 4.48. The van der Waals surface area contributed by atoms with Gasteiger partial charge in [0, 0.05) is 12.2 Å². The number of hydrogen-bond donors (Lipinski definition) is 1. The molecule has 114 valence electrons. The van der Waals surface area contributed by atoms with Crippen LogP contribution in [0.1, 0.15) is 60.3 Å². The van der Waals surface area contributed by atoms with Crippen LogP contribution in [0.3, 0.4) is 0 Å². The Labute approximate surface area is 122 Å². The van der Waals surface area contributed by atoms with Gasteiger partial charge in [0.05, 0.1) is 14.8 Å². The molecule has 0 aromatic rings. The molecular weight excluding hydrogens is 253 g/mol. The minimum atomic E-state index is -0.605. The van der Waals surface area contributed by atoms with Crippen molar-refractivity contribution in [2.75, 3.05) is 13.2 Å². The van der Waals surface area contributed by atoms with Gasteiger partial charge in [-0.2, -0.15) is 0 Å². The molecule has 19 heavy (non-hydrogen) atoms. The Hall–Kier alpha value is 0.0900. The molecule has 0 spiro atoms. The van der Waals surface area contributed by atoms with E-state index >= 15 is 0 Å². The number of nitrogens with two attached hydrogens (primary N) is 1. The molecular formula is C16H34NOP. The van der Waals surface area contributed by atoms with E-state index in [1.807, 2.05) is 0 Å². The Morgan fingerprint density at radius 1 is 1.11 bits per heavy atom. The highest BCUT2D eigenvalue weighted by atomic mass is 31.1. The highest BCUT2D eigenvalue weighted by Crippen LogP contribution is 2.54. The van der Waals surface area contributed by atoms with Gasteiger partial charge in [-0.05, 0) is 23.6 Å². The summed E-state index contributed by atoms with van der Waals surface area (Å²) < 4.78 is 6.21. The molecule has 0 amide bonds. The molecule has 1 unspecified atom stereocenters. The maximum absolute atomic E-state index is 6.21. The lowest BCUT2D eigenvalue weighted by molar-refractivity contribution is 0.320. The quantitative estimate of drug-likeness (QED) is 0.422. The van der Waals surface area contributed by atoms with Crippen molar-refractivity contribution in [1.82, 2.24) is 0 Å². The zero-order valence-corrected chi connectivity index (χ0v) is 14.5. The Morgan fingerprint density at radius 2 is 1.68 bits per heavy atom. The molecule has 0 rings (SSSR count). The molecule has 0 aromatic carbocycles. The van der Waals surface area contributed by atoms with E-state index in [0.717, 1.165) is 18.3 Å². The SMILES string of the molecule is C=C(CN)P(OCCCCCC)C(C(C)C)C(C)C. The molecule has 0 aromatic heterocycles. The molecule has 3 heteroatoms. The van der Waals surface area contributed by atoms with Crippen LogP contribution < -0.4 is 5.73 Å². The zero-order chi connectivity index (χ0) is 14.8. The molecule has 0 saturated heterocycles. The van der Waals surface area contributed by atoms with E-state index in [4.69, 9.17) is 10.3 Å². The summed E-state index contributed by atoms with van der Waals surface area (Å²) in [7, 11) is -0.605. The van der Waals surface area contributed by atoms with Gasteiger partial charge in [0.25, 0.3) is 0 Å². The van der Waals surface area contributed by atoms with E-state index in [1.165, 1.54) is 19.3 Å². The van der Waals surface area contributed by atoms with Crippen LogP contribution in [-0.2, 0) is 4.52 Å². The third kappa shape index (κ3) is 7.44. The smallest absolute Gasteiger partial charge is 0.0606 e. The largest absolute Gasteiger partial charge is 0.354 e. The summed E-state index contributed by atoms with van der Waals surface area (Å²) in [5.74, 6) is 1.23. The second-order valence-electron chi connectivity index (χ2n) is 5.97. The Bertz CT molecular complexity index is 233. The average molecular weight is 287 g/mol. The van der Waals surface area contributed by atoms with Gasteiger partial charge in [-0.25, -0.2) is 0 Å². The van der Waals surface area contributed by atoms with Gasteiger partial charge in [0.1, 0.15) is 0 Å². The van der Waals surface area contributed by atoms with E-state index in [-0.39, 0.29) is 0 Å². The lowest BCUT2D eigenvalue weighted by Crippen LogP contribution is -2.23. The van der Waals surface area contributed by atoms with Crippen LogP contribution in [0, 0.1) is 11.8 Å². The standard InChI is InChI=1S/C16H34NOP/c1-7-8-9-10-11-18-19(15(6)12-17)16(13(2)3)14(4)5/h13-14,16H,6-12,17H2,1-5H3. The molecule has 0 saturated carbocycles. The maximum atomic E-state index is 6.21. The Kier molecular flexibility index (Phi) is 10.9. The van der Waals surface area contributed by atoms with Crippen molar-refractivity contribution < 1.29 is 4.52 Å². The van der Waals surface area contributed by atoms with Crippen molar-refractivity contribution in [2.24, 2.45) is 17.6 Å². The van der Waals surface area contributed by atoms with Crippen molar-refractivity contribution in [3.63, 3.8) is 0 Å². The first-order chi connectivity index (χ1) is 8.95. The summed E-state index contributed by atoms with van der Waals surface area (Å²) in [5.41, 5.74) is 6.37. The minimum Gasteiger partial charge on any atom is -0.354 e. The lowest BCUT2D eigenvalue weighted by atomic mass is 10.00. The molecule has 0 radical (unpaired) electrons. The predicted octanol–water partition coefficient (Wildman–Crippen LogP) is 5.13. The average Bonchev–Trinajstić information content (AvgIpc) is 2.35. The van der Waals surface area contributed by atoms with E-state index in [9.17, 15) is 0 Å². The van der Waals surface area contributed by atoms with Gasteiger partial charge in [0.15, 0.2) is 0 Å². The fourth-order valence-electron chi connectivity index (χ4n) is 2.48. The normalized spacial score (nSPS) is 13.5. The van der Waals surface area contributed by atoms with Crippen molar-refractivity contribution in [2.45, 2.75) is 66.0 Å². The number of rotatable bonds is 11. The second kappa shape index (κ2) is 10.8. The van der Waals surface area contributed by atoms with Crippen molar-refractivity contribution in [3.8, 4) is 0 Å². The number of hydrogen-bond acceptors (Lipinski definition) is 2. The van der Waals surface area contributed by atoms with Crippen LogP contribution in [0.4, 0.5) is 0 Å². The van der Waals surface area contributed by atoms with E-state index in [2.05, 4.69) is 41.2 Å². The maximum Gasteiger partial charge on any atom is 0.0606 e. The molecule has 0 bridgehead atoms. The summed E-state index contributed by atoms with van der Waals surface area (Å²) in [6.07, 6.45) is 5.00. The first-order valence-corrected chi connectivity index (χ1v) is 9.08. The second-order valence-corrected chi connectivity index (χ2v) is 8.11. The van der Waals surface area contributed by atoms with Crippen molar-refractivity contribution in [3.05, 3.63) is 11.9 Å². The summed E-state index contributed by atoms with van der Waals surface area (Å²) in [4.78, 5) is 0.